The van der Waals surface area contributed by atoms with Crippen molar-refractivity contribution in [1.29, 1.82) is 0 Å². The molecule has 9 heteroatoms. The van der Waals surface area contributed by atoms with Crippen LogP contribution in [0.15, 0.2) is 10.9 Å². The molecule has 0 N–H and O–H groups in total. The van der Waals surface area contributed by atoms with Gasteiger partial charge in [-0.15, -0.1) is 0 Å². The number of hydrogen-bond acceptors (Lipinski definition) is 5. The highest BCUT2D eigenvalue weighted by atomic mass is 19.3. The van der Waals surface area contributed by atoms with Gasteiger partial charge in [-0.05, 0) is 13.8 Å². The highest BCUT2D eigenvalue weighted by molar-refractivity contribution is 5.85. The molecule has 2 aromatic rings. The van der Waals surface area contributed by atoms with Gasteiger partial charge in [0.1, 0.15) is 5.76 Å². The minimum atomic E-state index is -2.77. The van der Waals surface area contributed by atoms with Crippen LogP contribution in [0.3, 0.4) is 0 Å². The number of fused-ring (bicyclic) bond motifs is 1. The molecular weight excluding hydrogens is 344 g/mol. The Bertz CT molecular complexity index is 832. The van der Waals surface area contributed by atoms with E-state index in [-0.39, 0.29) is 5.91 Å². The molecule has 26 heavy (non-hydrogen) atoms. The Kier molecular flexibility index (Phi) is 3.87. The smallest absolute Gasteiger partial charge is 0.282 e. The Morgan fingerprint density at radius 2 is 2.12 bits per heavy atom. The average Bonchev–Trinajstić information content (AvgIpc) is 3.08. The summed E-state index contributed by atoms with van der Waals surface area (Å²) in [5, 5.41) is 3.97. The zero-order chi connectivity index (χ0) is 18.6. The molecule has 1 atom stereocenters. The van der Waals surface area contributed by atoms with Crippen LogP contribution in [0.2, 0.25) is 0 Å². The first-order chi connectivity index (χ1) is 12.2. The third kappa shape index (κ3) is 2.80. The lowest BCUT2D eigenvalue weighted by atomic mass is 9.94. The van der Waals surface area contributed by atoms with Crippen molar-refractivity contribution < 1.29 is 18.1 Å². The molecule has 0 radical (unpaired) electrons. The van der Waals surface area contributed by atoms with Crippen molar-refractivity contribution in [3.05, 3.63) is 34.7 Å². The van der Waals surface area contributed by atoms with Crippen molar-refractivity contribution >= 4 is 5.91 Å². The van der Waals surface area contributed by atoms with Gasteiger partial charge in [0.15, 0.2) is 0 Å². The van der Waals surface area contributed by atoms with E-state index in [0.717, 1.165) is 28.4 Å². The minimum Gasteiger partial charge on any atom is -0.361 e. The predicted molar refractivity (Wildman–Crippen MR) is 87.6 cm³/mol. The molecule has 0 aliphatic carbocycles. The first-order valence-electron chi connectivity index (χ1n) is 8.56. The number of imidazole rings is 1. The Hall–Kier alpha value is -2.29. The summed E-state index contributed by atoms with van der Waals surface area (Å²) in [5.41, 5.74) is 3.45. The van der Waals surface area contributed by atoms with Crippen LogP contribution in [0.4, 0.5) is 8.78 Å². The van der Waals surface area contributed by atoms with E-state index in [1.54, 1.807) is 6.33 Å². The molecule has 1 saturated heterocycles. The van der Waals surface area contributed by atoms with Gasteiger partial charge >= 0.3 is 0 Å². The summed E-state index contributed by atoms with van der Waals surface area (Å²) >= 11 is 0. The van der Waals surface area contributed by atoms with Gasteiger partial charge in [-0.3, -0.25) is 9.69 Å². The number of hydrogen-bond donors (Lipinski definition) is 0. The fourth-order valence-electron chi connectivity index (χ4n) is 3.83. The predicted octanol–water partition coefficient (Wildman–Crippen LogP) is 1.60. The molecule has 2 aliphatic rings. The Morgan fingerprint density at radius 3 is 2.73 bits per heavy atom. The third-order valence-corrected chi connectivity index (χ3v) is 5.22. The molecule has 2 aliphatic heterocycles. The number of alkyl halides is 2. The number of likely N-dealkylation sites (tertiary alicyclic amines) is 1. The van der Waals surface area contributed by atoms with Crippen molar-refractivity contribution in [2.75, 3.05) is 19.6 Å². The van der Waals surface area contributed by atoms with Crippen LogP contribution in [0.1, 0.15) is 34.3 Å². The summed E-state index contributed by atoms with van der Waals surface area (Å²) in [7, 11) is 1.83. The fraction of sp³-hybridized carbons (Fsp3) is 0.588. The monoisotopic (exact) mass is 365 g/mol. The Morgan fingerprint density at radius 1 is 1.38 bits per heavy atom. The standard InChI is InChI=1S/C17H21F2N5O2/c1-10-12(11(2)26-21-10)4-23-5-13(15-14(6-23)20-9-22(15)3)16(25)24-7-17(18,19)8-24/h9,13H,4-8H2,1-3H3. The number of aryl methyl sites for hydroxylation is 3. The fourth-order valence-corrected chi connectivity index (χ4v) is 3.83. The van der Waals surface area contributed by atoms with Crippen molar-refractivity contribution in [3.8, 4) is 0 Å². The summed E-state index contributed by atoms with van der Waals surface area (Å²) in [6.07, 6.45) is 1.68. The molecule has 1 unspecified atom stereocenters. The Balaban J connectivity index is 1.59. The van der Waals surface area contributed by atoms with Gasteiger partial charge in [-0.2, -0.15) is 0 Å². The van der Waals surface area contributed by atoms with Crippen LogP contribution >= 0.6 is 0 Å². The van der Waals surface area contributed by atoms with Gasteiger partial charge in [-0.25, -0.2) is 13.8 Å². The molecule has 140 valence electrons. The van der Waals surface area contributed by atoms with E-state index in [1.807, 2.05) is 25.5 Å². The normalized spacial score (nSPS) is 22.2. The first-order valence-corrected chi connectivity index (χ1v) is 8.56. The topological polar surface area (TPSA) is 67.4 Å². The summed E-state index contributed by atoms with van der Waals surface area (Å²) in [5.74, 6) is -2.78. The van der Waals surface area contributed by atoms with Gasteiger partial charge in [0.25, 0.3) is 5.92 Å². The van der Waals surface area contributed by atoms with Gasteiger partial charge < -0.3 is 14.0 Å². The van der Waals surface area contributed by atoms with E-state index in [2.05, 4.69) is 15.0 Å². The highest BCUT2D eigenvalue weighted by Gasteiger charge is 2.49. The number of nitrogens with zero attached hydrogens (tertiary/aromatic N) is 5. The Labute approximate surface area is 149 Å². The maximum atomic E-state index is 13.2. The van der Waals surface area contributed by atoms with Crippen LogP contribution in [-0.2, 0) is 24.9 Å². The number of amides is 1. The number of halogens is 2. The van der Waals surface area contributed by atoms with Crippen molar-refractivity contribution in [1.82, 2.24) is 24.5 Å². The number of rotatable bonds is 3. The molecule has 4 heterocycles. The molecule has 0 bridgehead atoms. The van der Waals surface area contributed by atoms with E-state index in [1.165, 1.54) is 4.90 Å². The SMILES string of the molecule is Cc1noc(C)c1CN1Cc2ncn(C)c2C(C(=O)N2CC(F)(F)C2)C1. The molecule has 4 rings (SSSR count). The van der Waals surface area contributed by atoms with E-state index >= 15 is 0 Å². The van der Waals surface area contributed by atoms with Crippen LogP contribution in [0.5, 0.6) is 0 Å². The van der Waals surface area contributed by atoms with Gasteiger partial charge in [0, 0.05) is 32.2 Å². The molecule has 2 aromatic heterocycles. The lowest BCUT2D eigenvalue weighted by molar-refractivity contribution is -0.168. The second-order valence-corrected chi connectivity index (χ2v) is 7.26. The van der Waals surface area contributed by atoms with Crippen molar-refractivity contribution in [3.63, 3.8) is 0 Å². The second-order valence-electron chi connectivity index (χ2n) is 7.26. The summed E-state index contributed by atoms with van der Waals surface area (Å²) in [4.78, 5) is 20.6. The zero-order valence-corrected chi connectivity index (χ0v) is 15.0. The molecule has 0 saturated carbocycles. The minimum absolute atomic E-state index is 0.260. The summed E-state index contributed by atoms with van der Waals surface area (Å²) < 4.78 is 33.5. The highest BCUT2D eigenvalue weighted by Crippen LogP contribution is 2.34. The lowest BCUT2D eigenvalue weighted by Gasteiger charge is -2.42. The van der Waals surface area contributed by atoms with Crippen molar-refractivity contribution in [2.45, 2.75) is 38.8 Å². The lowest BCUT2D eigenvalue weighted by Crippen LogP contribution is -2.60. The van der Waals surface area contributed by atoms with Crippen LogP contribution in [-0.4, -0.2) is 56.0 Å². The molecule has 1 fully saturated rings. The number of carbonyl (C=O) groups is 1. The maximum Gasteiger partial charge on any atom is 0.282 e. The van der Waals surface area contributed by atoms with Crippen LogP contribution in [0, 0.1) is 13.8 Å². The summed E-state index contributed by atoms with van der Waals surface area (Å²) in [6, 6.07) is 0. The van der Waals surface area contributed by atoms with Crippen molar-refractivity contribution in [2.24, 2.45) is 7.05 Å². The first kappa shape index (κ1) is 17.1. The van der Waals surface area contributed by atoms with Crippen LogP contribution < -0.4 is 0 Å². The molecule has 1 amide bonds. The average molecular weight is 365 g/mol. The van der Waals surface area contributed by atoms with Gasteiger partial charge in [-0.1, -0.05) is 5.16 Å². The molecule has 0 spiro atoms. The summed E-state index contributed by atoms with van der Waals surface area (Å²) in [6.45, 7) is 4.37. The van der Waals surface area contributed by atoms with Gasteiger partial charge in [0.2, 0.25) is 5.91 Å². The van der Waals surface area contributed by atoms with E-state index < -0.39 is 24.9 Å². The van der Waals surface area contributed by atoms with E-state index in [4.69, 9.17) is 4.52 Å². The second kappa shape index (κ2) is 5.87. The largest absolute Gasteiger partial charge is 0.361 e. The molecule has 0 aromatic carbocycles. The molecule has 7 nitrogen and oxygen atoms in total. The quantitative estimate of drug-likeness (QED) is 0.827. The maximum absolute atomic E-state index is 13.2. The van der Waals surface area contributed by atoms with E-state index in [9.17, 15) is 13.6 Å². The van der Waals surface area contributed by atoms with E-state index in [0.29, 0.717) is 19.6 Å². The number of carbonyl (C=O) groups excluding carboxylic acids is 1. The molecular formula is C17H21F2N5O2. The van der Waals surface area contributed by atoms with Crippen LogP contribution in [0.25, 0.3) is 0 Å². The number of aromatic nitrogens is 3. The zero-order valence-electron chi connectivity index (χ0n) is 15.0. The third-order valence-electron chi connectivity index (χ3n) is 5.22. The van der Waals surface area contributed by atoms with Gasteiger partial charge in [0.05, 0.1) is 42.4 Å².